The van der Waals surface area contributed by atoms with E-state index < -0.39 is 0 Å². The van der Waals surface area contributed by atoms with Crippen LogP contribution in [-0.2, 0) is 0 Å². The van der Waals surface area contributed by atoms with Crippen LogP contribution in [0.15, 0.2) is 18.2 Å². The first-order valence-electron chi connectivity index (χ1n) is 7.68. The van der Waals surface area contributed by atoms with Crippen LogP contribution in [0, 0.1) is 0 Å². The maximum Gasteiger partial charge on any atom is 0.256 e. The van der Waals surface area contributed by atoms with Crippen LogP contribution in [0.2, 0.25) is 0 Å². The number of para-hydroxylation sites is 1. The van der Waals surface area contributed by atoms with Gasteiger partial charge in [0.15, 0.2) is 0 Å². The first kappa shape index (κ1) is 15.6. The van der Waals surface area contributed by atoms with Crippen LogP contribution in [0.1, 0.15) is 23.7 Å². The number of amides is 1. The molecule has 5 heteroatoms. The standard InChI is InChI=1S/C16H26N4O/c1-4-10-20(12-11-19(2)3)16(21)13-6-5-7-14-15(13)18-9-8-17-14/h5-7,17-18H,4,8-12H2,1-3H3. The number of nitrogens with one attached hydrogen (secondary N) is 2. The van der Waals surface area contributed by atoms with Crippen molar-refractivity contribution < 1.29 is 4.79 Å². The van der Waals surface area contributed by atoms with Gasteiger partial charge in [0.1, 0.15) is 0 Å². The first-order chi connectivity index (χ1) is 10.1. The zero-order chi connectivity index (χ0) is 15.2. The molecule has 1 heterocycles. The van der Waals surface area contributed by atoms with Crippen LogP contribution >= 0.6 is 0 Å². The Bertz CT molecular complexity index is 487. The van der Waals surface area contributed by atoms with E-state index in [2.05, 4.69) is 22.5 Å². The third-order valence-electron chi connectivity index (χ3n) is 3.63. The Labute approximate surface area is 127 Å². The molecular weight excluding hydrogens is 264 g/mol. The number of benzene rings is 1. The molecule has 1 aromatic rings. The van der Waals surface area contributed by atoms with Crippen molar-refractivity contribution in [3.63, 3.8) is 0 Å². The van der Waals surface area contributed by atoms with Crippen molar-refractivity contribution in [1.82, 2.24) is 9.80 Å². The second-order valence-corrected chi connectivity index (χ2v) is 5.68. The highest BCUT2D eigenvalue weighted by Gasteiger charge is 2.21. The summed E-state index contributed by atoms with van der Waals surface area (Å²) in [5.74, 6) is 0.117. The van der Waals surface area contributed by atoms with Gasteiger partial charge in [-0.15, -0.1) is 0 Å². The Kier molecular flexibility index (Phi) is 5.44. The van der Waals surface area contributed by atoms with E-state index in [-0.39, 0.29) is 5.91 Å². The van der Waals surface area contributed by atoms with Gasteiger partial charge in [-0.2, -0.15) is 0 Å². The predicted octanol–water partition coefficient (Wildman–Crippen LogP) is 1.94. The summed E-state index contributed by atoms with van der Waals surface area (Å²) in [4.78, 5) is 16.9. The SMILES string of the molecule is CCCN(CCN(C)C)C(=O)c1cccc2c1NCCN2. The quantitative estimate of drug-likeness (QED) is 0.840. The minimum absolute atomic E-state index is 0.117. The number of carbonyl (C=O) groups excluding carboxylic acids is 1. The number of likely N-dealkylation sites (N-methyl/N-ethyl adjacent to an activating group) is 1. The molecule has 5 nitrogen and oxygen atoms in total. The largest absolute Gasteiger partial charge is 0.382 e. The van der Waals surface area contributed by atoms with Gasteiger partial charge in [0, 0.05) is 32.7 Å². The molecule has 0 fully saturated rings. The smallest absolute Gasteiger partial charge is 0.256 e. The van der Waals surface area contributed by atoms with E-state index >= 15 is 0 Å². The van der Waals surface area contributed by atoms with Gasteiger partial charge in [-0.1, -0.05) is 13.0 Å². The van der Waals surface area contributed by atoms with Crippen molar-refractivity contribution in [3.05, 3.63) is 23.8 Å². The molecule has 0 aliphatic carbocycles. The minimum Gasteiger partial charge on any atom is -0.382 e. The topological polar surface area (TPSA) is 47.6 Å². The Morgan fingerprint density at radius 1 is 1.14 bits per heavy atom. The molecule has 0 radical (unpaired) electrons. The lowest BCUT2D eigenvalue weighted by Crippen LogP contribution is -2.38. The third kappa shape index (κ3) is 3.88. The summed E-state index contributed by atoms with van der Waals surface area (Å²) in [5.41, 5.74) is 2.74. The van der Waals surface area contributed by atoms with Crippen LogP contribution in [-0.4, -0.2) is 62.5 Å². The van der Waals surface area contributed by atoms with Crippen molar-refractivity contribution >= 4 is 17.3 Å². The molecule has 0 aromatic heterocycles. The number of fused-ring (bicyclic) bond motifs is 1. The van der Waals surface area contributed by atoms with E-state index in [0.717, 1.165) is 56.1 Å². The Morgan fingerprint density at radius 2 is 1.90 bits per heavy atom. The summed E-state index contributed by atoms with van der Waals surface area (Å²) in [6.07, 6.45) is 0.972. The molecule has 1 aromatic carbocycles. The monoisotopic (exact) mass is 290 g/mol. The highest BCUT2D eigenvalue weighted by molar-refractivity contribution is 6.02. The highest BCUT2D eigenvalue weighted by Crippen LogP contribution is 2.29. The lowest BCUT2D eigenvalue weighted by molar-refractivity contribution is 0.0746. The molecule has 0 saturated carbocycles. The van der Waals surface area contributed by atoms with Crippen molar-refractivity contribution in [2.45, 2.75) is 13.3 Å². The van der Waals surface area contributed by atoms with Gasteiger partial charge in [0.2, 0.25) is 0 Å². The average molecular weight is 290 g/mol. The maximum absolute atomic E-state index is 12.9. The van der Waals surface area contributed by atoms with Crippen LogP contribution in [0.5, 0.6) is 0 Å². The lowest BCUT2D eigenvalue weighted by Gasteiger charge is -2.27. The summed E-state index contributed by atoms with van der Waals surface area (Å²) in [7, 11) is 4.06. The van der Waals surface area contributed by atoms with E-state index in [9.17, 15) is 4.79 Å². The summed E-state index contributed by atoms with van der Waals surface area (Å²) in [6, 6.07) is 5.88. The summed E-state index contributed by atoms with van der Waals surface area (Å²) in [5, 5.41) is 6.69. The molecule has 0 saturated heterocycles. The molecule has 1 aliphatic rings. The molecule has 0 bridgehead atoms. The number of anilines is 2. The fourth-order valence-corrected chi connectivity index (χ4v) is 2.53. The molecule has 2 rings (SSSR count). The Balaban J connectivity index is 2.20. The van der Waals surface area contributed by atoms with Crippen molar-refractivity contribution in [2.24, 2.45) is 0 Å². The number of nitrogens with zero attached hydrogens (tertiary/aromatic N) is 2. The average Bonchev–Trinajstić information content (AvgIpc) is 2.50. The number of rotatable bonds is 6. The Morgan fingerprint density at radius 3 is 2.62 bits per heavy atom. The fraction of sp³-hybridized carbons (Fsp3) is 0.562. The number of hydrogen-bond donors (Lipinski definition) is 2. The highest BCUT2D eigenvalue weighted by atomic mass is 16.2. The molecule has 2 N–H and O–H groups in total. The van der Waals surface area contributed by atoms with Gasteiger partial charge in [-0.05, 0) is 32.6 Å². The predicted molar refractivity (Wildman–Crippen MR) is 88.2 cm³/mol. The van der Waals surface area contributed by atoms with Crippen molar-refractivity contribution in [2.75, 3.05) is 57.5 Å². The third-order valence-corrected chi connectivity index (χ3v) is 3.63. The summed E-state index contributed by atoms with van der Waals surface area (Å²) >= 11 is 0. The molecule has 21 heavy (non-hydrogen) atoms. The van der Waals surface area contributed by atoms with Gasteiger partial charge in [0.25, 0.3) is 5.91 Å². The molecule has 0 unspecified atom stereocenters. The lowest BCUT2D eigenvalue weighted by atomic mass is 10.1. The van der Waals surface area contributed by atoms with E-state index in [1.165, 1.54) is 0 Å². The van der Waals surface area contributed by atoms with Gasteiger partial charge in [0.05, 0.1) is 16.9 Å². The van der Waals surface area contributed by atoms with E-state index in [4.69, 9.17) is 0 Å². The zero-order valence-corrected chi connectivity index (χ0v) is 13.3. The molecule has 0 spiro atoms. The molecule has 1 amide bonds. The van der Waals surface area contributed by atoms with Crippen LogP contribution in [0.4, 0.5) is 11.4 Å². The zero-order valence-electron chi connectivity index (χ0n) is 13.3. The summed E-state index contributed by atoms with van der Waals surface area (Å²) < 4.78 is 0. The molecular formula is C16H26N4O. The number of carbonyl (C=O) groups is 1. The van der Waals surface area contributed by atoms with Crippen molar-refractivity contribution in [1.29, 1.82) is 0 Å². The normalized spacial score (nSPS) is 13.3. The van der Waals surface area contributed by atoms with Gasteiger partial charge in [-0.25, -0.2) is 0 Å². The van der Waals surface area contributed by atoms with Crippen LogP contribution in [0.3, 0.4) is 0 Å². The van der Waals surface area contributed by atoms with E-state index in [0.29, 0.717) is 0 Å². The first-order valence-corrected chi connectivity index (χ1v) is 7.68. The van der Waals surface area contributed by atoms with Crippen molar-refractivity contribution in [3.8, 4) is 0 Å². The fourth-order valence-electron chi connectivity index (χ4n) is 2.53. The van der Waals surface area contributed by atoms with Gasteiger partial charge < -0.3 is 20.4 Å². The molecule has 1 aliphatic heterocycles. The Hall–Kier alpha value is -1.75. The second kappa shape index (κ2) is 7.31. The van der Waals surface area contributed by atoms with E-state index in [1.54, 1.807) is 0 Å². The molecule has 116 valence electrons. The van der Waals surface area contributed by atoms with Gasteiger partial charge >= 0.3 is 0 Å². The minimum atomic E-state index is 0.117. The number of hydrogen-bond acceptors (Lipinski definition) is 4. The van der Waals surface area contributed by atoms with Crippen LogP contribution < -0.4 is 10.6 Å². The van der Waals surface area contributed by atoms with Gasteiger partial charge in [-0.3, -0.25) is 4.79 Å². The maximum atomic E-state index is 12.9. The van der Waals surface area contributed by atoms with Crippen LogP contribution in [0.25, 0.3) is 0 Å². The second-order valence-electron chi connectivity index (χ2n) is 5.68. The molecule has 0 atom stereocenters. The van der Waals surface area contributed by atoms with E-state index in [1.807, 2.05) is 37.2 Å². The summed E-state index contributed by atoms with van der Waals surface area (Å²) in [6.45, 7) is 6.29.